The summed E-state index contributed by atoms with van der Waals surface area (Å²) in [6.45, 7) is 8.93. The van der Waals surface area contributed by atoms with Gasteiger partial charge in [0.05, 0.1) is 17.6 Å². The maximum atomic E-state index is 13.7. The molecule has 4 heterocycles. The van der Waals surface area contributed by atoms with Crippen molar-refractivity contribution in [1.82, 2.24) is 19.3 Å². The molecule has 7 heteroatoms. The Morgan fingerprint density at radius 2 is 1.84 bits per heavy atom. The van der Waals surface area contributed by atoms with Crippen LogP contribution in [0.5, 0.6) is 0 Å². The van der Waals surface area contributed by atoms with Crippen molar-refractivity contribution < 1.29 is 4.39 Å². The van der Waals surface area contributed by atoms with Crippen LogP contribution >= 0.6 is 0 Å². The van der Waals surface area contributed by atoms with E-state index in [1.54, 1.807) is 12.4 Å². The van der Waals surface area contributed by atoms with E-state index in [2.05, 4.69) is 55.9 Å². The third-order valence-electron chi connectivity index (χ3n) is 5.82. The Hall–Kier alpha value is -3.71. The highest BCUT2D eigenvalue weighted by Crippen LogP contribution is 2.28. The molecule has 0 bridgehead atoms. The van der Waals surface area contributed by atoms with Gasteiger partial charge < -0.3 is 10.2 Å². The van der Waals surface area contributed by atoms with Crippen LogP contribution in [-0.4, -0.2) is 52.0 Å². The molecule has 3 aromatic heterocycles. The summed E-state index contributed by atoms with van der Waals surface area (Å²) < 4.78 is 15.6. The van der Waals surface area contributed by atoms with Gasteiger partial charge in [-0.1, -0.05) is 6.08 Å². The molecule has 5 rings (SSSR count). The fourth-order valence-electron chi connectivity index (χ4n) is 4.18. The topological polar surface area (TPSA) is 48.7 Å². The first kappa shape index (κ1) is 20.2. The molecule has 1 aliphatic rings. The zero-order chi connectivity index (χ0) is 21.9. The third kappa shape index (κ3) is 4.07. The van der Waals surface area contributed by atoms with E-state index in [4.69, 9.17) is 0 Å². The quantitative estimate of drug-likeness (QED) is 0.456. The number of imidazole rings is 1. The van der Waals surface area contributed by atoms with Crippen molar-refractivity contribution in [3.05, 3.63) is 85.7 Å². The lowest BCUT2D eigenvalue weighted by Gasteiger charge is -2.35. The molecule has 0 unspecified atom stereocenters. The Bertz CT molecular complexity index is 1220. The number of rotatable bonds is 6. The zero-order valence-corrected chi connectivity index (χ0v) is 17.8. The van der Waals surface area contributed by atoms with Crippen LogP contribution in [-0.2, 0) is 0 Å². The lowest BCUT2D eigenvalue weighted by Crippen LogP contribution is -2.46. The first-order chi connectivity index (χ1) is 15.7. The van der Waals surface area contributed by atoms with Gasteiger partial charge in [0, 0.05) is 68.3 Å². The van der Waals surface area contributed by atoms with Crippen LogP contribution in [0.25, 0.3) is 16.9 Å². The number of nitrogens with one attached hydrogen (secondary N) is 1. The average molecular weight is 429 g/mol. The molecule has 6 nitrogen and oxygen atoms in total. The van der Waals surface area contributed by atoms with Crippen molar-refractivity contribution in [1.29, 1.82) is 0 Å². The van der Waals surface area contributed by atoms with Crippen LogP contribution in [0.4, 0.5) is 21.5 Å². The lowest BCUT2D eigenvalue weighted by molar-refractivity contribution is 0.284. The zero-order valence-electron chi connectivity index (χ0n) is 17.8. The SMILES string of the molecule is C=CCN1CCN(c2ccc(Nc3ccc(-c4cncc(F)c4)n4ccnc34)cc2)CC1. The molecule has 32 heavy (non-hydrogen) atoms. The Morgan fingerprint density at radius 3 is 2.59 bits per heavy atom. The fraction of sp³-hybridized carbons (Fsp3) is 0.200. The molecule has 1 fully saturated rings. The highest BCUT2D eigenvalue weighted by atomic mass is 19.1. The van der Waals surface area contributed by atoms with Crippen molar-refractivity contribution in [3.63, 3.8) is 0 Å². The lowest BCUT2D eigenvalue weighted by atomic mass is 10.1. The molecule has 0 spiro atoms. The molecule has 1 aromatic carbocycles. The van der Waals surface area contributed by atoms with Gasteiger partial charge in [0.15, 0.2) is 5.65 Å². The first-order valence-corrected chi connectivity index (χ1v) is 10.7. The normalized spacial score (nSPS) is 14.6. The second-order valence-electron chi connectivity index (χ2n) is 7.89. The molecule has 0 saturated carbocycles. The van der Waals surface area contributed by atoms with E-state index < -0.39 is 0 Å². The molecule has 4 aromatic rings. The molecule has 1 saturated heterocycles. The summed E-state index contributed by atoms with van der Waals surface area (Å²) in [7, 11) is 0. The minimum Gasteiger partial charge on any atom is -0.369 e. The average Bonchev–Trinajstić information content (AvgIpc) is 3.31. The third-order valence-corrected chi connectivity index (χ3v) is 5.82. The van der Waals surface area contributed by atoms with Gasteiger partial charge in [-0.05, 0) is 42.5 Å². The van der Waals surface area contributed by atoms with E-state index in [1.165, 1.54) is 18.0 Å². The van der Waals surface area contributed by atoms with Crippen LogP contribution in [0.2, 0.25) is 0 Å². The standard InChI is InChI=1S/C25H25FN6/c1-2-10-30-12-14-31(15-13-30)22-5-3-21(4-6-22)29-23-7-8-24(32-11-9-28-25(23)32)19-16-20(26)18-27-17-19/h2-9,11,16-18,29H,1,10,12-15H2. The van der Waals surface area contributed by atoms with Gasteiger partial charge in [0.25, 0.3) is 0 Å². The van der Waals surface area contributed by atoms with Gasteiger partial charge in [-0.2, -0.15) is 0 Å². The molecule has 1 aliphatic heterocycles. The number of hydrogen-bond acceptors (Lipinski definition) is 5. The van der Waals surface area contributed by atoms with E-state index >= 15 is 0 Å². The number of piperazine rings is 1. The second-order valence-corrected chi connectivity index (χ2v) is 7.89. The summed E-state index contributed by atoms with van der Waals surface area (Å²) in [5, 5.41) is 3.47. The Labute approximate surface area is 186 Å². The number of aromatic nitrogens is 3. The highest BCUT2D eigenvalue weighted by Gasteiger charge is 2.16. The van der Waals surface area contributed by atoms with Crippen molar-refractivity contribution in [2.75, 3.05) is 42.9 Å². The Kier molecular flexibility index (Phi) is 5.56. The summed E-state index contributed by atoms with van der Waals surface area (Å²) in [6, 6.07) is 13.9. The Balaban J connectivity index is 1.34. The molecular formula is C25H25FN6. The smallest absolute Gasteiger partial charge is 0.161 e. The van der Waals surface area contributed by atoms with Crippen molar-refractivity contribution in [2.24, 2.45) is 0 Å². The van der Waals surface area contributed by atoms with Gasteiger partial charge in [-0.3, -0.25) is 14.3 Å². The van der Waals surface area contributed by atoms with E-state index in [1.807, 2.05) is 28.8 Å². The molecule has 0 aliphatic carbocycles. The summed E-state index contributed by atoms with van der Waals surface area (Å²) in [5.74, 6) is -0.361. The predicted octanol–water partition coefficient (Wildman–Crippen LogP) is 4.59. The van der Waals surface area contributed by atoms with Crippen LogP contribution < -0.4 is 10.2 Å². The molecule has 162 valence electrons. The van der Waals surface area contributed by atoms with E-state index in [0.717, 1.165) is 55.4 Å². The molecule has 0 amide bonds. The Morgan fingerprint density at radius 1 is 1.03 bits per heavy atom. The maximum Gasteiger partial charge on any atom is 0.161 e. The minimum absolute atomic E-state index is 0.361. The predicted molar refractivity (Wildman–Crippen MR) is 127 cm³/mol. The number of hydrogen-bond donors (Lipinski definition) is 1. The number of benzene rings is 1. The minimum atomic E-state index is -0.361. The van der Waals surface area contributed by atoms with Crippen molar-refractivity contribution >= 4 is 22.7 Å². The number of pyridine rings is 2. The van der Waals surface area contributed by atoms with Crippen LogP contribution in [0.1, 0.15) is 0 Å². The summed E-state index contributed by atoms with van der Waals surface area (Å²) >= 11 is 0. The monoisotopic (exact) mass is 428 g/mol. The van der Waals surface area contributed by atoms with Gasteiger partial charge in [0.1, 0.15) is 5.82 Å². The van der Waals surface area contributed by atoms with Crippen LogP contribution in [0.15, 0.2) is 79.9 Å². The van der Waals surface area contributed by atoms with Crippen molar-refractivity contribution in [3.8, 4) is 11.3 Å². The molecule has 0 atom stereocenters. The second kappa shape index (κ2) is 8.80. The van der Waals surface area contributed by atoms with Crippen LogP contribution in [0, 0.1) is 5.82 Å². The highest BCUT2D eigenvalue weighted by molar-refractivity contribution is 5.78. The fourth-order valence-corrected chi connectivity index (χ4v) is 4.18. The molecule has 0 radical (unpaired) electrons. The largest absolute Gasteiger partial charge is 0.369 e. The van der Waals surface area contributed by atoms with E-state index in [0.29, 0.717) is 5.56 Å². The van der Waals surface area contributed by atoms with E-state index in [-0.39, 0.29) is 5.82 Å². The maximum absolute atomic E-state index is 13.7. The molecular weight excluding hydrogens is 403 g/mol. The van der Waals surface area contributed by atoms with Gasteiger partial charge in [-0.15, -0.1) is 6.58 Å². The summed E-state index contributed by atoms with van der Waals surface area (Å²) in [4.78, 5) is 13.3. The number of halogens is 1. The number of nitrogens with zero attached hydrogens (tertiary/aromatic N) is 5. The summed E-state index contributed by atoms with van der Waals surface area (Å²) in [5.41, 5.74) is 5.42. The molecule has 1 N–H and O–H groups in total. The van der Waals surface area contributed by atoms with Crippen molar-refractivity contribution in [2.45, 2.75) is 0 Å². The van der Waals surface area contributed by atoms with Gasteiger partial charge in [-0.25, -0.2) is 9.37 Å². The number of anilines is 3. The summed E-state index contributed by atoms with van der Waals surface area (Å²) in [6.07, 6.45) is 8.44. The van der Waals surface area contributed by atoms with Crippen LogP contribution in [0.3, 0.4) is 0 Å². The van der Waals surface area contributed by atoms with Gasteiger partial charge >= 0.3 is 0 Å². The van der Waals surface area contributed by atoms with Gasteiger partial charge in [0.2, 0.25) is 0 Å². The first-order valence-electron chi connectivity index (χ1n) is 10.7. The number of fused-ring (bicyclic) bond motifs is 1. The van der Waals surface area contributed by atoms with E-state index in [9.17, 15) is 4.39 Å².